The fourth-order valence-corrected chi connectivity index (χ4v) is 2.11. The van der Waals surface area contributed by atoms with E-state index < -0.39 is 6.09 Å². The van der Waals surface area contributed by atoms with E-state index in [0.29, 0.717) is 25.1 Å². The highest BCUT2D eigenvalue weighted by Gasteiger charge is 2.24. The van der Waals surface area contributed by atoms with Gasteiger partial charge in [-0.15, -0.1) is 0 Å². The van der Waals surface area contributed by atoms with Gasteiger partial charge in [0.15, 0.2) is 0 Å². The van der Waals surface area contributed by atoms with E-state index in [9.17, 15) is 4.79 Å². The second kappa shape index (κ2) is 4.45. The Morgan fingerprint density at radius 3 is 2.88 bits per heavy atom. The van der Waals surface area contributed by atoms with Crippen LogP contribution in [0.2, 0.25) is 0 Å². The number of fused-ring (bicyclic) bond motifs is 1. The summed E-state index contributed by atoms with van der Waals surface area (Å²) in [7, 11) is 0. The van der Waals surface area contributed by atoms with Gasteiger partial charge >= 0.3 is 6.09 Å². The molecule has 0 aliphatic carbocycles. The van der Waals surface area contributed by atoms with Crippen LogP contribution >= 0.6 is 0 Å². The Balaban J connectivity index is 2.38. The van der Waals surface area contributed by atoms with Gasteiger partial charge in [0, 0.05) is 6.54 Å². The van der Waals surface area contributed by atoms with E-state index in [4.69, 9.17) is 10.3 Å². The maximum atomic E-state index is 11.0. The zero-order valence-electron chi connectivity index (χ0n) is 9.55. The van der Waals surface area contributed by atoms with Gasteiger partial charge in [-0.2, -0.15) is 0 Å². The van der Waals surface area contributed by atoms with Crippen molar-refractivity contribution in [3.05, 3.63) is 29.3 Å². The second-order valence-electron chi connectivity index (χ2n) is 3.93. The largest absolute Gasteiger partial charge is 0.465 e. The highest BCUT2D eigenvalue weighted by Crippen LogP contribution is 2.29. The third-order valence-corrected chi connectivity index (χ3v) is 2.99. The molecule has 1 aliphatic heterocycles. The minimum absolute atomic E-state index is 0.492. The summed E-state index contributed by atoms with van der Waals surface area (Å²) in [4.78, 5) is 12.3. The van der Waals surface area contributed by atoms with Crippen LogP contribution < -0.4 is 4.90 Å². The van der Waals surface area contributed by atoms with Gasteiger partial charge in [0.1, 0.15) is 0 Å². The van der Waals surface area contributed by atoms with Crippen molar-refractivity contribution in [1.82, 2.24) is 0 Å². The molecule has 0 fully saturated rings. The average molecular weight is 234 g/mol. The van der Waals surface area contributed by atoms with E-state index in [-0.39, 0.29) is 0 Å². The predicted octanol–water partition coefficient (Wildman–Crippen LogP) is 2.32. The van der Waals surface area contributed by atoms with Gasteiger partial charge in [-0.3, -0.25) is 4.90 Å². The van der Waals surface area contributed by atoms with E-state index in [2.05, 4.69) is 5.16 Å². The number of oxime groups is 1. The number of hydrogen-bond donors (Lipinski definition) is 2. The Kier molecular flexibility index (Phi) is 2.99. The van der Waals surface area contributed by atoms with E-state index in [0.717, 1.165) is 16.8 Å². The van der Waals surface area contributed by atoms with Crippen LogP contribution in [0, 0.1) is 0 Å². The van der Waals surface area contributed by atoms with Gasteiger partial charge in [0.05, 0.1) is 11.4 Å². The van der Waals surface area contributed by atoms with Crippen LogP contribution in [0.15, 0.2) is 23.4 Å². The Hall–Kier alpha value is -2.04. The number of anilines is 1. The first-order chi connectivity index (χ1) is 8.17. The lowest BCUT2D eigenvalue weighted by molar-refractivity contribution is 0.202. The van der Waals surface area contributed by atoms with Crippen molar-refractivity contribution in [2.75, 3.05) is 11.4 Å². The molecule has 0 saturated heterocycles. The molecule has 0 saturated carbocycles. The highest BCUT2D eigenvalue weighted by atomic mass is 16.4. The molecule has 5 heteroatoms. The molecule has 2 rings (SSSR count). The quantitative estimate of drug-likeness (QED) is 0.468. The average Bonchev–Trinajstić information content (AvgIpc) is 2.73. The number of benzene rings is 1. The van der Waals surface area contributed by atoms with Gasteiger partial charge in [0.2, 0.25) is 0 Å². The number of carboxylic acid groups (broad SMARTS) is 1. The molecule has 1 heterocycles. The van der Waals surface area contributed by atoms with Crippen LogP contribution in [-0.2, 0) is 6.42 Å². The van der Waals surface area contributed by atoms with Crippen molar-refractivity contribution in [1.29, 1.82) is 0 Å². The summed E-state index contributed by atoms with van der Waals surface area (Å²) in [6.45, 7) is 2.40. The van der Waals surface area contributed by atoms with E-state index in [1.54, 1.807) is 12.1 Å². The molecule has 0 aromatic heterocycles. The Morgan fingerprint density at radius 1 is 1.53 bits per heavy atom. The molecule has 2 N–H and O–H groups in total. The van der Waals surface area contributed by atoms with Gasteiger partial charge in [0.25, 0.3) is 0 Å². The van der Waals surface area contributed by atoms with Gasteiger partial charge in [-0.1, -0.05) is 18.1 Å². The molecule has 0 radical (unpaired) electrons. The standard InChI is InChI=1S/C12H14N2O3/c1-2-10(13-17)8-3-4-11-9(7-8)5-6-14(11)12(15)16/h3-4,7,17H,2,5-6H2,1H3,(H,15,16)/b13-10+. The molecule has 90 valence electrons. The summed E-state index contributed by atoms with van der Waals surface area (Å²) in [5.41, 5.74) is 3.18. The molecule has 1 aromatic rings. The van der Waals surface area contributed by atoms with Crippen LogP contribution in [0.25, 0.3) is 0 Å². The first-order valence-corrected chi connectivity index (χ1v) is 5.52. The summed E-state index contributed by atoms with van der Waals surface area (Å²) in [5, 5.41) is 21.1. The topological polar surface area (TPSA) is 73.1 Å². The van der Waals surface area contributed by atoms with Crippen molar-refractivity contribution in [2.45, 2.75) is 19.8 Å². The number of amides is 1. The first-order valence-electron chi connectivity index (χ1n) is 5.52. The van der Waals surface area contributed by atoms with Crippen molar-refractivity contribution >= 4 is 17.5 Å². The minimum atomic E-state index is -0.928. The lowest BCUT2D eigenvalue weighted by atomic mass is 10.0. The van der Waals surface area contributed by atoms with Crippen LogP contribution in [0.5, 0.6) is 0 Å². The SMILES string of the molecule is CC/C(=N\O)c1ccc2c(c1)CCN2C(=O)O. The normalized spacial score (nSPS) is 14.9. The third-order valence-electron chi connectivity index (χ3n) is 2.99. The Labute approximate surface area is 99.0 Å². The van der Waals surface area contributed by atoms with Crippen LogP contribution in [0.4, 0.5) is 10.5 Å². The summed E-state index contributed by atoms with van der Waals surface area (Å²) >= 11 is 0. The molecule has 0 atom stereocenters. The Morgan fingerprint density at radius 2 is 2.29 bits per heavy atom. The maximum Gasteiger partial charge on any atom is 0.411 e. The highest BCUT2D eigenvalue weighted by molar-refractivity contribution is 6.01. The molecule has 1 amide bonds. The lowest BCUT2D eigenvalue weighted by Gasteiger charge is -2.12. The van der Waals surface area contributed by atoms with Crippen LogP contribution in [0.3, 0.4) is 0 Å². The molecular weight excluding hydrogens is 220 g/mol. The second-order valence-corrected chi connectivity index (χ2v) is 3.93. The van der Waals surface area contributed by atoms with Crippen molar-refractivity contribution in [2.24, 2.45) is 5.16 Å². The molecule has 0 unspecified atom stereocenters. The molecule has 0 spiro atoms. The van der Waals surface area contributed by atoms with Crippen molar-refractivity contribution in [3.8, 4) is 0 Å². The number of rotatable bonds is 2. The Bertz CT molecular complexity index is 483. The van der Waals surface area contributed by atoms with E-state index >= 15 is 0 Å². The number of hydrogen-bond acceptors (Lipinski definition) is 3. The smallest absolute Gasteiger partial charge is 0.411 e. The maximum absolute atomic E-state index is 11.0. The lowest BCUT2D eigenvalue weighted by Crippen LogP contribution is -2.26. The minimum Gasteiger partial charge on any atom is -0.465 e. The molecule has 1 aliphatic rings. The summed E-state index contributed by atoms with van der Waals surface area (Å²) < 4.78 is 0. The van der Waals surface area contributed by atoms with Crippen LogP contribution in [-0.4, -0.2) is 28.7 Å². The molecule has 1 aromatic carbocycles. The van der Waals surface area contributed by atoms with E-state index in [1.807, 2.05) is 13.0 Å². The fourth-order valence-electron chi connectivity index (χ4n) is 2.11. The van der Waals surface area contributed by atoms with Gasteiger partial charge in [-0.05, 0) is 36.1 Å². The molecule has 5 nitrogen and oxygen atoms in total. The zero-order valence-corrected chi connectivity index (χ0v) is 9.55. The molecular formula is C12H14N2O3. The van der Waals surface area contributed by atoms with Crippen molar-refractivity contribution < 1.29 is 15.1 Å². The van der Waals surface area contributed by atoms with Crippen LogP contribution in [0.1, 0.15) is 24.5 Å². The zero-order chi connectivity index (χ0) is 12.4. The molecule has 17 heavy (non-hydrogen) atoms. The third kappa shape index (κ3) is 1.95. The predicted molar refractivity (Wildman–Crippen MR) is 64.1 cm³/mol. The summed E-state index contributed by atoms with van der Waals surface area (Å²) in [5.74, 6) is 0. The fraction of sp³-hybridized carbons (Fsp3) is 0.333. The summed E-state index contributed by atoms with van der Waals surface area (Å²) in [6, 6.07) is 5.46. The number of nitrogens with zero attached hydrogens (tertiary/aromatic N) is 2. The first kappa shape index (κ1) is 11.4. The van der Waals surface area contributed by atoms with Crippen molar-refractivity contribution in [3.63, 3.8) is 0 Å². The van der Waals surface area contributed by atoms with Gasteiger partial charge < -0.3 is 10.3 Å². The van der Waals surface area contributed by atoms with Gasteiger partial charge in [-0.25, -0.2) is 4.79 Å². The molecule has 0 bridgehead atoms. The van der Waals surface area contributed by atoms with E-state index in [1.165, 1.54) is 4.90 Å². The number of carbonyl (C=O) groups is 1. The monoisotopic (exact) mass is 234 g/mol. The summed E-state index contributed by atoms with van der Waals surface area (Å²) in [6.07, 6.45) is 0.415.